The van der Waals surface area contributed by atoms with Crippen molar-refractivity contribution >= 4 is 35.1 Å². The van der Waals surface area contributed by atoms with Crippen LogP contribution >= 0.6 is 23.2 Å². The van der Waals surface area contributed by atoms with Gasteiger partial charge in [0.05, 0.1) is 12.2 Å². The molecule has 2 N–H and O–H groups in total. The van der Waals surface area contributed by atoms with Gasteiger partial charge >= 0.3 is 6.03 Å². The Hall–Kier alpha value is -2.56. The zero-order chi connectivity index (χ0) is 18.7. The Balaban J connectivity index is 2.01. The average Bonchev–Trinajstić information content (AvgIpc) is 2.61. The number of carbonyl (C=O) groups excluding carboxylic acids is 1. The predicted octanol–water partition coefficient (Wildman–Crippen LogP) is 5.45. The van der Waals surface area contributed by atoms with Gasteiger partial charge in [-0.3, -0.25) is 4.90 Å². The van der Waals surface area contributed by atoms with Crippen LogP contribution in [0.4, 0.5) is 10.6 Å². The fourth-order valence-electron chi connectivity index (χ4n) is 2.70. The lowest BCUT2D eigenvalue weighted by molar-refractivity contribution is 0.253. The Labute approximate surface area is 162 Å². The third-order valence-electron chi connectivity index (χ3n) is 4.08. The summed E-state index contributed by atoms with van der Waals surface area (Å²) in [6.45, 7) is 2.15. The summed E-state index contributed by atoms with van der Waals surface area (Å²) in [4.78, 5) is 18.0. The molecule has 3 rings (SSSR count). The highest BCUT2D eigenvalue weighted by atomic mass is 35.5. The molecule has 132 valence electrons. The lowest BCUT2D eigenvalue weighted by atomic mass is 10.1. The maximum atomic E-state index is 12.1. The van der Waals surface area contributed by atoms with E-state index in [0.717, 1.165) is 16.8 Å². The van der Waals surface area contributed by atoms with E-state index in [1.54, 1.807) is 24.3 Å². The molecule has 3 aromatic rings. The fourth-order valence-corrected chi connectivity index (χ4v) is 3.21. The third kappa shape index (κ3) is 3.82. The summed E-state index contributed by atoms with van der Waals surface area (Å²) in [6.07, 6.45) is 0. The van der Waals surface area contributed by atoms with Crippen LogP contribution in [0.3, 0.4) is 0 Å². The van der Waals surface area contributed by atoms with E-state index in [9.17, 15) is 4.79 Å². The first kappa shape index (κ1) is 18.2. The summed E-state index contributed by atoms with van der Waals surface area (Å²) in [5.41, 5.74) is 9.07. The van der Waals surface area contributed by atoms with Gasteiger partial charge in [-0.05, 0) is 36.8 Å². The minimum Gasteiger partial charge on any atom is -0.351 e. The summed E-state index contributed by atoms with van der Waals surface area (Å²) < 4.78 is 0. The summed E-state index contributed by atoms with van der Waals surface area (Å²) in [7, 11) is 0. The smallest absolute Gasteiger partial charge is 0.320 e. The number of benzene rings is 2. The van der Waals surface area contributed by atoms with Crippen LogP contribution in [0.2, 0.25) is 10.0 Å². The first-order valence-electron chi connectivity index (χ1n) is 8.00. The van der Waals surface area contributed by atoms with Crippen molar-refractivity contribution < 1.29 is 4.79 Å². The summed E-state index contributed by atoms with van der Waals surface area (Å²) in [6, 6.07) is 18.0. The number of urea groups is 1. The highest BCUT2D eigenvalue weighted by molar-refractivity contribution is 6.36. The van der Waals surface area contributed by atoms with Gasteiger partial charge in [0.1, 0.15) is 5.82 Å². The van der Waals surface area contributed by atoms with Gasteiger partial charge in [0.15, 0.2) is 0 Å². The molecule has 2 amide bonds. The molecule has 1 aromatic heterocycles. The third-order valence-corrected chi connectivity index (χ3v) is 4.78. The predicted molar refractivity (Wildman–Crippen MR) is 107 cm³/mol. The minimum absolute atomic E-state index is 0.137. The molecule has 0 unspecified atom stereocenters. The summed E-state index contributed by atoms with van der Waals surface area (Å²) in [5, 5.41) is 0.942. The number of primary amides is 1. The van der Waals surface area contributed by atoms with Crippen molar-refractivity contribution in [2.45, 2.75) is 13.5 Å². The molecule has 0 aliphatic carbocycles. The SMILES string of the molecule is Cc1ccccc1-c1cccc(N(Cc2c(Cl)cccc2Cl)C(N)=O)n1. The highest BCUT2D eigenvalue weighted by Gasteiger charge is 2.18. The number of nitrogens with zero attached hydrogens (tertiary/aromatic N) is 2. The monoisotopic (exact) mass is 385 g/mol. The average molecular weight is 386 g/mol. The van der Waals surface area contributed by atoms with Crippen LogP contribution in [0.5, 0.6) is 0 Å². The summed E-state index contributed by atoms with van der Waals surface area (Å²) in [5.74, 6) is 0.439. The zero-order valence-electron chi connectivity index (χ0n) is 14.1. The molecule has 0 saturated heterocycles. The topological polar surface area (TPSA) is 59.2 Å². The number of amides is 2. The number of anilines is 1. The first-order chi connectivity index (χ1) is 12.5. The maximum absolute atomic E-state index is 12.1. The molecular formula is C20H17Cl2N3O. The van der Waals surface area contributed by atoms with Crippen LogP contribution in [0.1, 0.15) is 11.1 Å². The van der Waals surface area contributed by atoms with Crippen molar-refractivity contribution in [3.63, 3.8) is 0 Å². The Morgan fingerprint density at radius 2 is 1.65 bits per heavy atom. The largest absolute Gasteiger partial charge is 0.351 e. The fraction of sp³-hybridized carbons (Fsp3) is 0.100. The molecular weight excluding hydrogens is 369 g/mol. The molecule has 0 spiro atoms. The van der Waals surface area contributed by atoms with Crippen LogP contribution in [-0.4, -0.2) is 11.0 Å². The Morgan fingerprint density at radius 1 is 1.00 bits per heavy atom. The van der Waals surface area contributed by atoms with E-state index in [4.69, 9.17) is 28.9 Å². The van der Waals surface area contributed by atoms with E-state index in [-0.39, 0.29) is 6.54 Å². The molecule has 0 saturated carbocycles. The number of pyridine rings is 1. The summed E-state index contributed by atoms with van der Waals surface area (Å²) >= 11 is 12.5. The van der Waals surface area contributed by atoms with E-state index >= 15 is 0 Å². The van der Waals surface area contributed by atoms with Crippen LogP contribution in [0.15, 0.2) is 60.7 Å². The van der Waals surface area contributed by atoms with Gasteiger partial charge in [0, 0.05) is 21.2 Å². The van der Waals surface area contributed by atoms with Gasteiger partial charge in [-0.15, -0.1) is 0 Å². The van der Waals surface area contributed by atoms with Gasteiger partial charge in [0.2, 0.25) is 0 Å². The quantitative estimate of drug-likeness (QED) is 0.648. The van der Waals surface area contributed by atoms with E-state index in [1.807, 2.05) is 43.3 Å². The second-order valence-electron chi connectivity index (χ2n) is 5.82. The Kier molecular flexibility index (Phi) is 5.45. The number of hydrogen-bond donors (Lipinski definition) is 1. The van der Waals surface area contributed by atoms with Crippen LogP contribution in [0.25, 0.3) is 11.3 Å². The standard InChI is InChI=1S/C20H17Cl2N3O/c1-13-6-2-3-7-14(13)18-10-5-11-19(24-18)25(20(23)26)12-15-16(21)8-4-9-17(15)22/h2-11H,12H2,1H3,(H2,23,26). The lowest BCUT2D eigenvalue weighted by Crippen LogP contribution is -2.36. The molecule has 0 fully saturated rings. The number of hydrogen-bond acceptors (Lipinski definition) is 2. The molecule has 6 heteroatoms. The highest BCUT2D eigenvalue weighted by Crippen LogP contribution is 2.28. The molecule has 0 aliphatic rings. The van der Waals surface area contributed by atoms with Crippen LogP contribution in [-0.2, 0) is 6.54 Å². The lowest BCUT2D eigenvalue weighted by Gasteiger charge is -2.21. The van der Waals surface area contributed by atoms with E-state index in [1.165, 1.54) is 4.90 Å². The second kappa shape index (κ2) is 7.77. The van der Waals surface area contributed by atoms with Crippen molar-refractivity contribution in [2.24, 2.45) is 5.73 Å². The number of aryl methyl sites for hydroxylation is 1. The molecule has 2 aromatic carbocycles. The van der Waals surface area contributed by atoms with E-state index in [0.29, 0.717) is 21.4 Å². The molecule has 0 aliphatic heterocycles. The zero-order valence-corrected chi connectivity index (χ0v) is 15.6. The normalized spacial score (nSPS) is 10.6. The molecule has 0 bridgehead atoms. The second-order valence-corrected chi connectivity index (χ2v) is 6.63. The number of halogens is 2. The molecule has 0 atom stereocenters. The van der Waals surface area contributed by atoms with Gasteiger partial charge in [-0.2, -0.15) is 0 Å². The first-order valence-corrected chi connectivity index (χ1v) is 8.76. The van der Waals surface area contributed by atoms with Gasteiger partial charge < -0.3 is 5.73 Å². The minimum atomic E-state index is -0.629. The van der Waals surface area contributed by atoms with Crippen molar-refractivity contribution in [3.8, 4) is 11.3 Å². The molecule has 0 radical (unpaired) electrons. The number of aromatic nitrogens is 1. The maximum Gasteiger partial charge on any atom is 0.320 e. The van der Waals surface area contributed by atoms with Crippen LogP contribution < -0.4 is 10.6 Å². The Bertz CT molecular complexity index is 939. The number of carbonyl (C=O) groups is 1. The molecule has 26 heavy (non-hydrogen) atoms. The van der Waals surface area contributed by atoms with Crippen LogP contribution in [0, 0.1) is 6.92 Å². The molecule has 4 nitrogen and oxygen atoms in total. The van der Waals surface area contributed by atoms with Gasteiger partial charge in [-0.1, -0.05) is 59.6 Å². The van der Waals surface area contributed by atoms with E-state index < -0.39 is 6.03 Å². The number of rotatable bonds is 4. The Morgan fingerprint density at radius 3 is 2.31 bits per heavy atom. The van der Waals surface area contributed by atoms with Gasteiger partial charge in [0.25, 0.3) is 0 Å². The van der Waals surface area contributed by atoms with Crippen molar-refractivity contribution in [1.82, 2.24) is 4.98 Å². The van der Waals surface area contributed by atoms with Crippen molar-refractivity contribution in [3.05, 3.63) is 81.8 Å². The number of nitrogens with two attached hydrogens (primary N) is 1. The van der Waals surface area contributed by atoms with Gasteiger partial charge in [-0.25, -0.2) is 9.78 Å². The van der Waals surface area contributed by atoms with E-state index in [2.05, 4.69) is 4.98 Å². The van der Waals surface area contributed by atoms with Crippen molar-refractivity contribution in [1.29, 1.82) is 0 Å². The van der Waals surface area contributed by atoms with Crippen molar-refractivity contribution in [2.75, 3.05) is 4.90 Å². The molecule has 1 heterocycles.